The number of carbonyl (C=O) groups excluding carboxylic acids is 1. The molecule has 0 unspecified atom stereocenters. The minimum absolute atomic E-state index is 0.0600. The molecule has 0 bridgehead atoms. The first-order valence-corrected chi connectivity index (χ1v) is 13.0. The van der Waals surface area contributed by atoms with Crippen LogP contribution in [0.4, 0.5) is 13.2 Å². The zero-order chi connectivity index (χ0) is 24.6. The minimum Gasteiger partial charge on any atom is -0.492 e. The monoisotopic (exact) mass is 507 g/mol. The number of fused-ring (bicyclic) bond motifs is 2. The first-order chi connectivity index (χ1) is 16.8. The lowest BCUT2D eigenvalue weighted by Gasteiger charge is -2.28. The van der Waals surface area contributed by atoms with Crippen LogP contribution in [0.2, 0.25) is 0 Å². The van der Waals surface area contributed by atoms with Gasteiger partial charge in [0.2, 0.25) is 0 Å². The third kappa shape index (κ3) is 5.11. The third-order valence-corrected chi connectivity index (χ3v) is 7.99. The van der Waals surface area contributed by atoms with Crippen molar-refractivity contribution >= 4 is 17.7 Å². The Morgan fingerprint density at radius 1 is 1.17 bits per heavy atom. The highest BCUT2D eigenvalue weighted by Gasteiger charge is 2.38. The number of ether oxygens (including phenoxy) is 3. The number of hydrogen-bond acceptors (Lipinski definition) is 6. The zero-order valence-corrected chi connectivity index (χ0v) is 20.3. The van der Waals surface area contributed by atoms with E-state index in [2.05, 4.69) is 4.90 Å². The molecule has 0 saturated carbocycles. The highest BCUT2D eigenvalue weighted by molar-refractivity contribution is 7.99. The number of benzene rings is 2. The molecule has 35 heavy (non-hydrogen) atoms. The van der Waals surface area contributed by atoms with Gasteiger partial charge in [-0.2, -0.15) is 24.9 Å². The largest absolute Gasteiger partial charge is 0.492 e. The lowest BCUT2D eigenvalue weighted by Crippen LogP contribution is -2.33. The molecule has 2 aliphatic heterocycles. The van der Waals surface area contributed by atoms with Gasteiger partial charge in [-0.05, 0) is 41.7 Å². The topological polar surface area (TPSA) is 48.0 Å². The lowest BCUT2D eigenvalue weighted by molar-refractivity contribution is -0.141. The average molecular weight is 508 g/mol. The quantitative estimate of drug-likeness (QED) is 0.491. The van der Waals surface area contributed by atoms with Crippen molar-refractivity contribution < 1.29 is 32.2 Å². The van der Waals surface area contributed by atoms with Crippen LogP contribution in [0, 0.1) is 0 Å². The Morgan fingerprint density at radius 3 is 2.69 bits per heavy atom. The molecule has 2 aromatic carbocycles. The summed E-state index contributed by atoms with van der Waals surface area (Å²) in [7, 11) is 1.37. The lowest BCUT2D eigenvalue weighted by atomic mass is 9.96. The third-order valence-electron chi connectivity index (χ3n) is 7.05. The summed E-state index contributed by atoms with van der Waals surface area (Å²) in [4.78, 5) is 13.8. The number of methoxy groups -OCH3 is 1. The predicted molar refractivity (Wildman–Crippen MR) is 127 cm³/mol. The van der Waals surface area contributed by atoms with E-state index in [1.807, 2.05) is 23.9 Å². The molecule has 188 valence electrons. The van der Waals surface area contributed by atoms with E-state index in [9.17, 15) is 18.0 Å². The molecule has 5 rings (SSSR count). The van der Waals surface area contributed by atoms with Crippen molar-refractivity contribution in [2.45, 2.75) is 44.0 Å². The van der Waals surface area contributed by atoms with Crippen molar-refractivity contribution in [3.8, 4) is 11.5 Å². The number of carbonyl (C=O) groups is 1. The van der Waals surface area contributed by atoms with Gasteiger partial charge in [-0.25, -0.2) is 0 Å². The van der Waals surface area contributed by atoms with E-state index >= 15 is 0 Å². The first kappa shape index (κ1) is 24.3. The van der Waals surface area contributed by atoms with Crippen molar-refractivity contribution in [3.63, 3.8) is 0 Å². The van der Waals surface area contributed by atoms with E-state index in [-0.39, 0.29) is 24.4 Å². The van der Waals surface area contributed by atoms with Gasteiger partial charge in [0.15, 0.2) is 0 Å². The van der Waals surface area contributed by atoms with Crippen LogP contribution in [0.3, 0.4) is 0 Å². The van der Waals surface area contributed by atoms with Crippen LogP contribution in [-0.4, -0.2) is 49.2 Å². The number of esters is 1. The summed E-state index contributed by atoms with van der Waals surface area (Å²) in [6.45, 7) is 2.33. The second kappa shape index (κ2) is 9.93. The number of halogens is 3. The Labute approximate surface area is 206 Å². The maximum atomic E-state index is 13.9. The smallest absolute Gasteiger partial charge is 0.416 e. The molecule has 0 aromatic heterocycles. The molecule has 1 aliphatic carbocycles. The molecular formula is C26H28F3NO4S. The normalized spacial score (nSPS) is 21.8. The van der Waals surface area contributed by atoms with Gasteiger partial charge in [-0.1, -0.05) is 12.1 Å². The predicted octanol–water partition coefficient (Wildman–Crippen LogP) is 5.36. The summed E-state index contributed by atoms with van der Waals surface area (Å²) < 4.78 is 58.4. The first-order valence-electron chi connectivity index (χ1n) is 11.9. The summed E-state index contributed by atoms with van der Waals surface area (Å²) in [5, 5.41) is 0. The molecule has 0 amide bonds. The number of thioether (sulfide) groups is 1. The van der Waals surface area contributed by atoms with E-state index in [4.69, 9.17) is 14.2 Å². The molecule has 9 heteroatoms. The van der Waals surface area contributed by atoms with Crippen molar-refractivity contribution in [1.29, 1.82) is 0 Å². The minimum atomic E-state index is -4.38. The fourth-order valence-corrected chi connectivity index (χ4v) is 6.22. The van der Waals surface area contributed by atoms with Gasteiger partial charge in [0.1, 0.15) is 17.6 Å². The van der Waals surface area contributed by atoms with Crippen molar-refractivity contribution in [3.05, 3.63) is 58.1 Å². The highest BCUT2D eigenvalue weighted by atomic mass is 32.2. The van der Waals surface area contributed by atoms with Crippen LogP contribution in [0.15, 0.2) is 30.3 Å². The van der Waals surface area contributed by atoms with Gasteiger partial charge in [-0.15, -0.1) is 0 Å². The maximum absolute atomic E-state index is 13.9. The summed E-state index contributed by atoms with van der Waals surface area (Å²) >= 11 is 1.84. The molecular weight excluding hydrogens is 479 g/mol. The van der Waals surface area contributed by atoms with Crippen LogP contribution >= 0.6 is 11.8 Å². The van der Waals surface area contributed by atoms with Gasteiger partial charge in [-0.3, -0.25) is 9.69 Å². The molecule has 1 fully saturated rings. The van der Waals surface area contributed by atoms with E-state index in [1.165, 1.54) is 13.2 Å². The molecule has 2 atom stereocenters. The number of alkyl halides is 3. The Morgan fingerprint density at radius 2 is 1.94 bits per heavy atom. The van der Waals surface area contributed by atoms with E-state index in [1.54, 1.807) is 12.1 Å². The molecule has 0 radical (unpaired) electrons. The maximum Gasteiger partial charge on any atom is 0.416 e. The molecule has 5 nitrogen and oxygen atoms in total. The highest BCUT2D eigenvalue weighted by Crippen LogP contribution is 2.44. The summed E-state index contributed by atoms with van der Waals surface area (Å²) in [5.74, 6) is 2.83. The van der Waals surface area contributed by atoms with Crippen molar-refractivity contribution in [2.24, 2.45) is 0 Å². The Kier molecular flexibility index (Phi) is 6.90. The summed E-state index contributed by atoms with van der Waals surface area (Å²) in [5.41, 5.74) is 2.42. The van der Waals surface area contributed by atoms with E-state index in [0.717, 1.165) is 41.3 Å². The Hall–Kier alpha value is -2.39. The van der Waals surface area contributed by atoms with Crippen molar-refractivity contribution in [2.75, 3.05) is 38.3 Å². The molecule has 1 saturated heterocycles. The van der Waals surface area contributed by atoms with Crippen LogP contribution in [-0.2, 0) is 28.7 Å². The molecule has 0 N–H and O–H groups in total. The van der Waals surface area contributed by atoms with E-state index < -0.39 is 11.7 Å². The van der Waals surface area contributed by atoms with Gasteiger partial charge >= 0.3 is 12.1 Å². The van der Waals surface area contributed by atoms with Gasteiger partial charge in [0.05, 0.1) is 25.7 Å². The summed E-state index contributed by atoms with van der Waals surface area (Å²) in [6.07, 6.45) is -3.26. The summed E-state index contributed by atoms with van der Waals surface area (Å²) in [6, 6.07) is 8.35. The average Bonchev–Trinajstić information content (AvgIpc) is 3.43. The molecule has 2 aromatic rings. The Balaban J connectivity index is 1.37. The van der Waals surface area contributed by atoms with E-state index in [0.29, 0.717) is 43.1 Å². The SMILES string of the molecule is COC(=O)C[C@@H]1COc2cc(O[C@@H]3CCc4c3ccc(C(F)(F)F)c4CN3CCSCC3)ccc21. The number of rotatable bonds is 6. The van der Waals surface area contributed by atoms with Gasteiger partial charge in [0, 0.05) is 48.7 Å². The zero-order valence-electron chi connectivity index (χ0n) is 19.5. The standard InChI is InChI=1S/C26H28F3NO4S/c1-32-25(31)12-16-15-33-24-13-17(2-3-18(16)24)34-23-7-5-19-20(23)4-6-22(26(27,28)29)21(19)14-30-8-10-35-11-9-30/h2-4,6,13,16,23H,5,7-12,14-15H2,1H3/t16-,23-/m1/s1. The fourth-order valence-electron chi connectivity index (χ4n) is 5.24. The second-order valence-corrected chi connectivity index (χ2v) is 10.4. The second-order valence-electron chi connectivity index (χ2n) is 9.18. The van der Waals surface area contributed by atoms with Gasteiger partial charge in [0.25, 0.3) is 0 Å². The molecule has 3 aliphatic rings. The number of nitrogens with zero attached hydrogens (tertiary/aromatic N) is 1. The van der Waals surface area contributed by atoms with Gasteiger partial charge < -0.3 is 14.2 Å². The molecule has 0 spiro atoms. The fraction of sp³-hybridized carbons (Fsp3) is 0.500. The number of hydrogen-bond donors (Lipinski definition) is 0. The van der Waals surface area contributed by atoms with Crippen LogP contribution < -0.4 is 9.47 Å². The van der Waals surface area contributed by atoms with Crippen LogP contribution in [0.1, 0.15) is 52.7 Å². The molecule has 2 heterocycles. The Bertz CT molecular complexity index is 1100. The van der Waals surface area contributed by atoms with Crippen LogP contribution in [0.5, 0.6) is 11.5 Å². The van der Waals surface area contributed by atoms with Crippen molar-refractivity contribution in [1.82, 2.24) is 4.90 Å². The van der Waals surface area contributed by atoms with Crippen LogP contribution in [0.25, 0.3) is 0 Å².